The summed E-state index contributed by atoms with van der Waals surface area (Å²) < 4.78 is 0. The van der Waals surface area contributed by atoms with Crippen LogP contribution in [0.1, 0.15) is 16.8 Å². The Morgan fingerprint density at radius 3 is 2.87 bits per heavy atom. The van der Waals surface area contributed by atoms with E-state index in [0.717, 1.165) is 12.2 Å². The van der Waals surface area contributed by atoms with Crippen molar-refractivity contribution in [3.05, 3.63) is 39.8 Å². The third-order valence-corrected chi connectivity index (χ3v) is 3.10. The number of anilines is 1. The quantitative estimate of drug-likeness (QED) is 0.862. The van der Waals surface area contributed by atoms with Gasteiger partial charge in [0.2, 0.25) is 5.95 Å². The third kappa shape index (κ3) is 2.53. The van der Waals surface area contributed by atoms with Crippen molar-refractivity contribution in [3.8, 4) is 0 Å². The third-order valence-electron chi connectivity index (χ3n) is 2.19. The molecular weight excluding hydrogens is 206 g/mol. The standard InChI is InChI=1S/C11H13N3S/c1-8-6-15-7-10(8)5-13-11-12-4-3-9(2)14-11/h3-4,6-7H,5H2,1-2H3,(H,12,13,14). The van der Waals surface area contributed by atoms with Crippen molar-refractivity contribution in [2.45, 2.75) is 20.4 Å². The van der Waals surface area contributed by atoms with Crippen LogP contribution in [0.5, 0.6) is 0 Å². The maximum absolute atomic E-state index is 4.28. The fraction of sp³-hybridized carbons (Fsp3) is 0.273. The summed E-state index contributed by atoms with van der Waals surface area (Å²) in [7, 11) is 0. The minimum absolute atomic E-state index is 0.695. The SMILES string of the molecule is Cc1ccnc(NCc2cscc2C)n1. The van der Waals surface area contributed by atoms with Gasteiger partial charge in [-0.25, -0.2) is 9.97 Å². The molecule has 0 aliphatic rings. The lowest BCUT2D eigenvalue weighted by Gasteiger charge is -2.04. The second-order valence-corrected chi connectivity index (χ2v) is 4.20. The topological polar surface area (TPSA) is 37.8 Å². The Bertz CT molecular complexity index is 451. The first-order chi connectivity index (χ1) is 7.25. The van der Waals surface area contributed by atoms with E-state index in [-0.39, 0.29) is 0 Å². The first-order valence-electron chi connectivity index (χ1n) is 4.81. The average molecular weight is 219 g/mol. The molecule has 0 unspecified atom stereocenters. The maximum Gasteiger partial charge on any atom is 0.223 e. The van der Waals surface area contributed by atoms with Gasteiger partial charge in [-0.05, 0) is 41.8 Å². The van der Waals surface area contributed by atoms with E-state index >= 15 is 0 Å². The largest absolute Gasteiger partial charge is 0.350 e. The predicted molar refractivity (Wildman–Crippen MR) is 63.2 cm³/mol. The molecule has 0 radical (unpaired) electrons. The Hall–Kier alpha value is -1.42. The van der Waals surface area contributed by atoms with Crippen molar-refractivity contribution in [1.29, 1.82) is 0 Å². The number of nitrogens with one attached hydrogen (secondary N) is 1. The van der Waals surface area contributed by atoms with Crippen LogP contribution in [0.15, 0.2) is 23.0 Å². The summed E-state index contributed by atoms with van der Waals surface area (Å²) in [5.74, 6) is 0.695. The van der Waals surface area contributed by atoms with E-state index in [2.05, 4.69) is 33.0 Å². The highest BCUT2D eigenvalue weighted by Gasteiger charge is 2.00. The molecule has 15 heavy (non-hydrogen) atoms. The highest BCUT2D eigenvalue weighted by molar-refractivity contribution is 7.08. The van der Waals surface area contributed by atoms with Crippen LogP contribution in [0.2, 0.25) is 0 Å². The molecule has 2 aromatic heterocycles. The molecule has 0 saturated heterocycles. The summed E-state index contributed by atoms with van der Waals surface area (Å²) in [6.45, 7) is 4.87. The first kappa shape index (κ1) is 10.1. The smallest absolute Gasteiger partial charge is 0.223 e. The number of nitrogens with zero attached hydrogens (tertiary/aromatic N) is 2. The normalized spacial score (nSPS) is 10.3. The summed E-state index contributed by atoms with van der Waals surface area (Å²) in [6, 6.07) is 1.89. The molecule has 0 saturated carbocycles. The van der Waals surface area contributed by atoms with Crippen molar-refractivity contribution in [3.63, 3.8) is 0 Å². The van der Waals surface area contributed by atoms with E-state index in [4.69, 9.17) is 0 Å². The van der Waals surface area contributed by atoms with Gasteiger partial charge in [0.1, 0.15) is 0 Å². The molecule has 0 aliphatic heterocycles. The molecule has 1 N–H and O–H groups in total. The Kier molecular flexibility index (Phi) is 2.97. The van der Waals surface area contributed by atoms with Crippen LogP contribution in [0.25, 0.3) is 0 Å². The van der Waals surface area contributed by atoms with Crippen LogP contribution in [0, 0.1) is 13.8 Å². The molecule has 0 bridgehead atoms. The Morgan fingerprint density at radius 2 is 2.20 bits per heavy atom. The van der Waals surface area contributed by atoms with Crippen molar-refractivity contribution in [2.75, 3.05) is 5.32 Å². The number of hydrogen-bond acceptors (Lipinski definition) is 4. The summed E-state index contributed by atoms with van der Waals surface area (Å²) in [4.78, 5) is 8.43. The molecule has 0 aromatic carbocycles. The number of rotatable bonds is 3. The zero-order valence-electron chi connectivity index (χ0n) is 8.82. The summed E-state index contributed by atoms with van der Waals surface area (Å²) in [6.07, 6.45) is 1.77. The summed E-state index contributed by atoms with van der Waals surface area (Å²) >= 11 is 1.72. The van der Waals surface area contributed by atoms with E-state index in [9.17, 15) is 0 Å². The molecule has 0 amide bonds. The fourth-order valence-electron chi connectivity index (χ4n) is 1.28. The number of aryl methyl sites for hydroxylation is 2. The average Bonchev–Trinajstić information content (AvgIpc) is 2.61. The van der Waals surface area contributed by atoms with Gasteiger partial charge in [-0.2, -0.15) is 11.3 Å². The molecule has 78 valence electrons. The van der Waals surface area contributed by atoms with Crippen molar-refractivity contribution < 1.29 is 0 Å². The van der Waals surface area contributed by atoms with Gasteiger partial charge in [-0.3, -0.25) is 0 Å². The molecule has 2 heterocycles. The summed E-state index contributed by atoms with van der Waals surface area (Å²) in [5, 5.41) is 7.51. The minimum Gasteiger partial charge on any atom is -0.350 e. The Balaban J connectivity index is 2.02. The highest BCUT2D eigenvalue weighted by atomic mass is 32.1. The van der Waals surface area contributed by atoms with Crippen LogP contribution in [-0.4, -0.2) is 9.97 Å². The lowest BCUT2D eigenvalue weighted by atomic mass is 10.2. The van der Waals surface area contributed by atoms with Crippen LogP contribution in [-0.2, 0) is 6.54 Å². The zero-order chi connectivity index (χ0) is 10.7. The molecular formula is C11H13N3S. The maximum atomic E-state index is 4.28. The number of aromatic nitrogens is 2. The van der Waals surface area contributed by atoms with E-state index < -0.39 is 0 Å². The minimum atomic E-state index is 0.695. The van der Waals surface area contributed by atoms with Crippen LogP contribution in [0.4, 0.5) is 5.95 Å². The molecule has 0 spiro atoms. The van der Waals surface area contributed by atoms with Crippen LogP contribution < -0.4 is 5.32 Å². The van der Waals surface area contributed by atoms with Gasteiger partial charge in [0.25, 0.3) is 0 Å². The second kappa shape index (κ2) is 4.40. The Labute approximate surface area is 93.2 Å². The van der Waals surface area contributed by atoms with Gasteiger partial charge >= 0.3 is 0 Å². The van der Waals surface area contributed by atoms with Gasteiger partial charge in [-0.1, -0.05) is 0 Å². The number of thiophene rings is 1. The lowest BCUT2D eigenvalue weighted by molar-refractivity contribution is 1.03. The molecule has 3 nitrogen and oxygen atoms in total. The molecule has 4 heteroatoms. The van der Waals surface area contributed by atoms with E-state index in [1.54, 1.807) is 17.5 Å². The zero-order valence-corrected chi connectivity index (χ0v) is 9.64. The van der Waals surface area contributed by atoms with Gasteiger partial charge in [0, 0.05) is 18.4 Å². The second-order valence-electron chi connectivity index (χ2n) is 3.46. The predicted octanol–water partition coefficient (Wildman–Crippen LogP) is 2.77. The molecule has 0 aliphatic carbocycles. The number of hydrogen-bond donors (Lipinski definition) is 1. The van der Waals surface area contributed by atoms with Crippen LogP contribution in [0.3, 0.4) is 0 Å². The van der Waals surface area contributed by atoms with E-state index in [0.29, 0.717) is 5.95 Å². The lowest BCUT2D eigenvalue weighted by Crippen LogP contribution is -2.03. The molecule has 0 fully saturated rings. The monoisotopic (exact) mass is 219 g/mol. The van der Waals surface area contributed by atoms with Gasteiger partial charge in [0.15, 0.2) is 0 Å². The van der Waals surface area contributed by atoms with Gasteiger partial charge in [0.05, 0.1) is 0 Å². The summed E-state index contributed by atoms with van der Waals surface area (Å²) in [5.41, 5.74) is 3.61. The highest BCUT2D eigenvalue weighted by Crippen LogP contribution is 2.14. The van der Waals surface area contributed by atoms with Gasteiger partial charge < -0.3 is 5.32 Å². The fourth-order valence-corrected chi connectivity index (χ4v) is 2.13. The van der Waals surface area contributed by atoms with Crippen molar-refractivity contribution >= 4 is 17.3 Å². The Morgan fingerprint density at radius 1 is 1.33 bits per heavy atom. The van der Waals surface area contributed by atoms with Crippen LogP contribution >= 0.6 is 11.3 Å². The molecule has 0 atom stereocenters. The first-order valence-corrected chi connectivity index (χ1v) is 5.75. The van der Waals surface area contributed by atoms with Crippen molar-refractivity contribution in [2.24, 2.45) is 0 Å². The molecule has 2 aromatic rings. The van der Waals surface area contributed by atoms with E-state index in [1.807, 2.05) is 13.0 Å². The van der Waals surface area contributed by atoms with Crippen molar-refractivity contribution in [1.82, 2.24) is 9.97 Å². The van der Waals surface area contributed by atoms with Gasteiger partial charge in [-0.15, -0.1) is 0 Å². The van der Waals surface area contributed by atoms with E-state index in [1.165, 1.54) is 11.1 Å². The molecule has 2 rings (SSSR count).